The van der Waals surface area contributed by atoms with E-state index in [1.54, 1.807) is 0 Å². The van der Waals surface area contributed by atoms with Crippen molar-refractivity contribution in [2.45, 2.75) is 6.18 Å². The fraction of sp³-hybridized carbons (Fsp3) is 0.0714. The SMILES string of the molecule is O=C(O)c1ccc(Nc2ccccc2C(F)(F)F)c(Cl)c1. The van der Waals surface area contributed by atoms with Crippen LogP contribution < -0.4 is 5.32 Å². The van der Waals surface area contributed by atoms with Gasteiger partial charge in [0, 0.05) is 0 Å². The topological polar surface area (TPSA) is 49.3 Å². The fourth-order valence-corrected chi connectivity index (χ4v) is 1.96. The van der Waals surface area contributed by atoms with Crippen LogP contribution in [0.4, 0.5) is 24.5 Å². The lowest BCUT2D eigenvalue weighted by atomic mass is 10.1. The average molecular weight is 316 g/mol. The normalized spacial score (nSPS) is 11.2. The van der Waals surface area contributed by atoms with Gasteiger partial charge in [0.15, 0.2) is 0 Å². The maximum absolute atomic E-state index is 12.9. The molecule has 0 amide bonds. The lowest BCUT2D eigenvalue weighted by Gasteiger charge is -2.15. The molecule has 0 aliphatic heterocycles. The smallest absolute Gasteiger partial charge is 0.418 e. The Balaban J connectivity index is 2.38. The van der Waals surface area contributed by atoms with Gasteiger partial charge in [-0.1, -0.05) is 23.7 Å². The summed E-state index contributed by atoms with van der Waals surface area (Å²) >= 11 is 5.88. The van der Waals surface area contributed by atoms with Gasteiger partial charge in [-0.25, -0.2) is 4.79 Å². The number of carbonyl (C=O) groups is 1. The number of para-hydroxylation sites is 1. The average Bonchev–Trinajstić information content (AvgIpc) is 2.40. The third-order valence-corrected chi connectivity index (χ3v) is 3.03. The van der Waals surface area contributed by atoms with Crippen LogP contribution in [0.3, 0.4) is 0 Å². The van der Waals surface area contributed by atoms with Gasteiger partial charge in [0.2, 0.25) is 0 Å². The molecule has 0 spiro atoms. The highest BCUT2D eigenvalue weighted by Crippen LogP contribution is 2.37. The summed E-state index contributed by atoms with van der Waals surface area (Å²) < 4.78 is 38.6. The molecule has 0 atom stereocenters. The highest BCUT2D eigenvalue weighted by Gasteiger charge is 2.33. The van der Waals surface area contributed by atoms with Crippen molar-refractivity contribution >= 4 is 28.9 Å². The van der Waals surface area contributed by atoms with Crippen molar-refractivity contribution in [1.82, 2.24) is 0 Å². The van der Waals surface area contributed by atoms with Crippen LogP contribution in [0.15, 0.2) is 42.5 Å². The number of alkyl halides is 3. The minimum atomic E-state index is -4.50. The van der Waals surface area contributed by atoms with Crippen LogP contribution in [0.2, 0.25) is 5.02 Å². The highest BCUT2D eigenvalue weighted by molar-refractivity contribution is 6.33. The summed E-state index contributed by atoms with van der Waals surface area (Å²) in [6, 6.07) is 8.69. The highest BCUT2D eigenvalue weighted by atomic mass is 35.5. The number of carboxylic acids is 1. The first kappa shape index (κ1) is 15.2. The first-order valence-electron chi connectivity index (χ1n) is 5.75. The molecule has 21 heavy (non-hydrogen) atoms. The molecule has 0 unspecified atom stereocenters. The van der Waals surface area contributed by atoms with Crippen molar-refractivity contribution in [1.29, 1.82) is 0 Å². The molecule has 0 aromatic heterocycles. The van der Waals surface area contributed by atoms with Crippen molar-refractivity contribution in [2.24, 2.45) is 0 Å². The van der Waals surface area contributed by atoms with Gasteiger partial charge in [0.05, 0.1) is 27.5 Å². The van der Waals surface area contributed by atoms with E-state index >= 15 is 0 Å². The zero-order chi connectivity index (χ0) is 15.6. The van der Waals surface area contributed by atoms with E-state index < -0.39 is 17.7 Å². The first-order chi connectivity index (χ1) is 9.79. The van der Waals surface area contributed by atoms with Gasteiger partial charge < -0.3 is 10.4 Å². The van der Waals surface area contributed by atoms with E-state index in [4.69, 9.17) is 16.7 Å². The molecular formula is C14H9ClF3NO2. The molecule has 2 aromatic rings. The Labute approximate surface area is 123 Å². The molecule has 2 aromatic carbocycles. The summed E-state index contributed by atoms with van der Waals surface area (Å²) in [4.78, 5) is 10.8. The number of carboxylic acid groups (broad SMARTS) is 1. The van der Waals surface area contributed by atoms with Gasteiger partial charge in [-0.15, -0.1) is 0 Å². The number of halogens is 4. The summed E-state index contributed by atoms with van der Waals surface area (Å²) in [7, 11) is 0. The summed E-state index contributed by atoms with van der Waals surface area (Å²) in [5.74, 6) is -1.17. The van der Waals surface area contributed by atoms with Crippen LogP contribution in [0, 0.1) is 0 Å². The molecule has 0 bridgehead atoms. The molecule has 3 nitrogen and oxygen atoms in total. The van der Waals surface area contributed by atoms with E-state index in [1.165, 1.54) is 36.4 Å². The fourth-order valence-electron chi connectivity index (χ4n) is 1.73. The van der Waals surface area contributed by atoms with Crippen LogP contribution in [-0.2, 0) is 6.18 Å². The lowest BCUT2D eigenvalue weighted by Crippen LogP contribution is -2.08. The predicted molar refractivity (Wildman–Crippen MR) is 73.1 cm³/mol. The summed E-state index contributed by atoms with van der Waals surface area (Å²) in [6.45, 7) is 0. The zero-order valence-electron chi connectivity index (χ0n) is 10.4. The lowest BCUT2D eigenvalue weighted by molar-refractivity contribution is -0.136. The number of hydrogen-bond donors (Lipinski definition) is 2. The van der Waals surface area contributed by atoms with Crippen molar-refractivity contribution in [2.75, 3.05) is 5.32 Å². The van der Waals surface area contributed by atoms with Crippen LogP contribution in [0.5, 0.6) is 0 Å². The quantitative estimate of drug-likeness (QED) is 0.855. The number of anilines is 2. The van der Waals surface area contributed by atoms with Crippen molar-refractivity contribution in [3.05, 3.63) is 58.6 Å². The molecule has 0 radical (unpaired) electrons. The van der Waals surface area contributed by atoms with Crippen molar-refractivity contribution < 1.29 is 23.1 Å². The second kappa shape index (κ2) is 5.65. The number of nitrogens with one attached hydrogen (secondary N) is 1. The molecule has 2 rings (SSSR count). The molecule has 0 aliphatic carbocycles. The van der Waals surface area contributed by atoms with Gasteiger partial charge >= 0.3 is 12.1 Å². The molecule has 0 saturated heterocycles. The Morgan fingerprint density at radius 1 is 1.10 bits per heavy atom. The molecule has 110 valence electrons. The Morgan fingerprint density at radius 3 is 2.33 bits per heavy atom. The largest absolute Gasteiger partial charge is 0.478 e. The van der Waals surface area contributed by atoms with Crippen LogP contribution in [-0.4, -0.2) is 11.1 Å². The van der Waals surface area contributed by atoms with E-state index in [9.17, 15) is 18.0 Å². The predicted octanol–water partition coefficient (Wildman–Crippen LogP) is 4.80. The second-order valence-electron chi connectivity index (χ2n) is 4.17. The molecule has 2 N–H and O–H groups in total. The van der Waals surface area contributed by atoms with Crippen LogP contribution in [0.25, 0.3) is 0 Å². The number of hydrogen-bond acceptors (Lipinski definition) is 2. The minimum Gasteiger partial charge on any atom is -0.478 e. The van der Waals surface area contributed by atoms with Gasteiger partial charge in [-0.05, 0) is 30.3 Å². The molecular weight excluding hydrogens is 307 g/mol. The maximum atomic E-state index is 12.9. The molecule has 0 fully saturated rings. The van der Waals surface area contributed by atoms with E-state index in [2.05, 4.69) is 5.32 Å². The van der Waals surface area contributed by atoms with E-state index in [0.717, 1.165) is 6.07 Å². The van der Waals surface area contributed by atoms with Gasteiger partial charge in [0.25, 0.3) is 0 Å². The standard InChI is InChI=1S/C14H9ClF3NO2/c15-10-7-8(13(20)21)5-6-12(10)19-11-4-2-1-3-9(11)14(16,17)18/h1-7,19H,(H,20,21). The Bertz CT molecular complexity index is 686. The Kier molecular flexibility index (Phi) is 4.09. The molecule has 7 heteroatoms. The van der Waals surface area contributed by atoms with Crippen LogP contribution in [0.1, 0.15) is 15.9 Å². The van der Waals surface area contributed by atoms with Gasteiger partial charge in [-0.2, -0.15) is 13.2 Å². The van der Waals surface area contributed by atoms with Gasteiger partial charge in [-0.3, -0.25) is 0 Å². The van der Waals surface area contributed by atoms with Gasteiger partial charge in [0.1, 0.15) is 0 Å². The van der Waals surface area contributed by atoms with Crippen LogP contribution >= 0.6 is 11.6 Å². The first-order valence-corrected chi connectivity index (χ1v) is 6.13. The Morgan fingerprint density at radius 2 is 1.76 bits per heavy atom. The van der Waals surface area contributed by atoms with E-state index in [0.29, 0.717) is 0 Å². The van der Waals surface area contributed by atoms with E-state index in [1.807, 2.05) is 0 Å². The second-order valence-corrected chi connectivity index (χ2v) is 4.58. The summed E-state index contributed by atoms with van der Waals surface area (Å²) in [5, 5.41) is 11.4. The molecule has 0 heterocycles. The number of rotatable bonds is 3. The third-order valence-electron chi connectivity index (χ3n) is 2.72. The summed E-state index contributed by atoms with van der Waals surface area (Å²) in [6.07, 6.45) is -4.50. The van der Waals surface area contributed by atoms with Crippen molar-refractivity contribution in [3.8, 4) is 0 Å². The van der Waals surface area contributed by atoms with E-state index in [-0.39, 0.29) is 22.0 Å². The maximum Gasteiger partial charge on any atom is 0.418 e. The Hall–Kier alpha value is -2.21. The van der Waals surface area contributed by atoms with Crippen molar-refractivity contribution in [3.63, 3.8) is 0 Å². The third kappa shape index (κ3) is 3.46. The number of benzene rings is 2. The number of aromatic carboxylic acids is 1. The molecule has 0 aliphatic rings. The minimum absolute atomic E-state index is 0.0203. The molecule has 0 saturated carbocycles. The zero-order valence-corrected chi connectivity index (χ0v) is 11.2. The summed E-state index contributed by atoms with van der Waals surface area (Å²) in [5.41, 5.74) is -0.841. The monoisotopic (exact) mass is 315 g/mol.